The summed E-state index contributed by atoms with van der Waals surface area (Å²) in [5.41, 5.74) is 0. The van der Waals surface area contributed by atoms with Crippen molar-refractivity contribution in [3.05, 3.63) is 0 Å². The molecule has 0 aromatic rings. The second-order valence-electron chi connectivity index (χ2n) is 20.6. The second kappa shape index (κ2) is 50.8. The van der Waals surface area contributed by atoms with Crippen molar-refractivity contribution in [2.45, 2.75) is 330 Å². The Kier molecular flexibility index (Phi) is 49.6. The topological polar surface area (TPSA) is 78.9 Å². The van der Waals surface area contributed by atoms with E-state index in [1.54, 1.807) is 0 Å². The van der Waals surface area contributed by atoms with Gasteiger partial charge in [-0.25, -0.2) is 0 Å². The van der Waals surface area contributed by atoms with Crippen molar-refractivity contribution in [2.24, 2.45) is 11.8 Å². The third kappa shape index (κ3) is 49.8. The van der Waals surface area contributed by atoms with Gasteiger partial charge >= 0.3 is 17.9 Å². The van der Waals surface area contributed by atoms with E-state index in [-0.39, 0.29) is 31.1 Å². The number of esters is 3. The summed E-state index contributed by atoms with van der Waals surface area (Å²) in [6.07, 6.45) is 53.9. The molecule has 64 heavy (non-hydrogen) atoms. The van der Waals surface area contributed by atoms with Gasteiger partial charge in [0.1, 0.15) is 13.2 Å². The number of rotatable bonds is 52. The first-order valence-corrected chi connectivity index (χ1v) is 28.8. The van der Waals surface area contributed by atoms with Crippen LogP contribution in [0.3, 0.4) is 0 Å². The summed E-state index contributed by atoms with van der Waals surface area (Å²) in [6, 6.07) is 0. The lowest BCUT2D eigenvalue weighted by Gasteiger charge is -2.18. The first-order valence-electron chi connectivity index (χ1n) is 28.8. The van der Waals surface area contributed by atoms with E-state index in [1.165, 1.54) is 212 Å². The molecule has 0 spiro atoms. The Hall–Kier alpha value is -1.59. The molecule has 0 aliphatic heterocycles. The minimum atomic E-state index is -0.763. The van der Waals surface area contributed by atoms with Crippen molar-refractivity contribution in [3.8, 4) is 0 Å². The fourth-order valence-electron chi connectivity index (χ4n) is 8.84. The van der Waals surface area contributed by atoms with Crippen LogP contribution in [0, 0.1) is 11.8 Å². The first kappa shape index (κ1) is 62.4. The largest absolute Gasteiger partial charge is 0.462 e. The lowest BCUT2D eigenvalue weighted by molar-refractivity contribution is -0.167. The third-order valence-corrected chi connectivity index (χ3v) is 13.6. The van der Waals surface area contributed by atoms with Crippen LogP contribution in [0.15, 0.2) is 0 Å². The molecule has 380 valence electrons. The summed E-state index contributed by atoms with van der Waals surface area (Å²) in [5.74, 6) is 0.810. The van der Waals surface area contributed by atoms with Gasteiger partial charge in [-0.2, -0.15) is 0 Å². The Morgan fingerprint density at radius 2 is 0.594 bits per heavy atom. The Morgan fingerprint density at radius 3 is 0.891 bits per heavy atom. The number of ether oxygens (including phenoxy) is 3. The minimum Gasteiger partial charge on any atom is -0.462 e. The Balaban J connectivity index is 4.22. The van der Waals surface area contributed by atoms with Crippen LogP contribution in [0.1, 0.15) is 324 Å². The number of hydrogen-bond donors (Lipinski definition) is 0. The molecule has 0 aliphatic carbocycles. The normalized spacial score (nSPS) is 12.5. The SMILES string of the molecule is CCCCCCCCCCCCCCCCCCCCCC(=O)OC[C@H](COC(=O)CCCCCCCCCCCCCCCCC(C)C)OC(=O)CCCCCCCCC(C)CC. The molecule has 2 atom stereocenters. The maximum Gasteiger partial charge on any atom is 0.306 e. The van der Waals surface area contributed by atoms with Crippen molar-refractivity contribution in [1.82, 2.24) is 0 Å². The van der Waals surface area contributed by atoms with Crippen LogP contribution < -0.4 is 0 Å². The molecular formula is C58H112O6. The molecule has 0 saturated heterocycles. The fourth-order valence-corrected chi connectivity index (χ4v) is 8.84. The van der Waals surface area contributed by atoms with Gasteiger partial charge in [-0.1, -0.05) is 285 Å². The molecule has 0 heterocycles. The molecule has 0 aromatic heterocycles. The molecule has 0 rings (SSSR count). The van der Waals surface area contributed by atoms with Crippen molar-refractivity contribution in [3.63, 3.8) is 0 Å². The maximum absolute atomic E-state index is 12.8. The van der Waals surface area contributed by atoms with Crippen molar-refractivity contribution < 1.29 is 28.6 Å². The van der Waals surface area contributed by atoms with Gasteiger partial charge in [0.25, 0.3) is 0 Å². The van der Waals surface area contributed by atoms with Crippen LogP contribution in [0.4, 0.5) is 0 Å². The zero-order valence-electron chi connectivity index (χ0n) is 43.9. The summed E-state index contributed by atoms with van der Waals surface area (Å²) >= 11 is 0. The highest BCUT2D eigenvalue weighted by Gasteiger charge is 2.19. The highest BCUT2D eigenvalue weighted by atomic mass is 16.6. The molecule has 1 unspecified atom stereocenters. The molecule has 6 heteroatoms. The van der Waals surface area contributed by atoms with Gasteiger partial charge in [0, 0.05) is 19.3 Å². The van der Waals surface area contributed by atoms with Gasteiger partial charge in [0.2, 0.25) is 0 Å². The second-order valence-corrected chi connectivity index (χ2v) is 20.6. The standard InChI is InChI=1S/C58H112O6/c1-6-8-9-10-11-12-13-14-15-16-17-18-19-23-26-29-32-38-43-48-56(59)62-51-55(64-58(61)50-45-40-35-34-37-42-47-54(5)7-2)52-63-57(60)49-44-39-33-30-27-24-21-20-22-25-28-31-36-41-46-53(3)4/h53-55H,6-52H2,1-5H3/t54?,55-/m1/s1. The predicted octanol–water partition coefficient (Wildman–Crippen LogP) is 18.9. The van der Waals surface area contributed by atoms with Gasteiger partial charge in [-0.05, 0) is 31.1 Å². The van der Waals surface area contributed by atoms with Crippen LogP contribution in [0.5, 0.6) is 0 Å². The predicted molar refractivity (Wildman–Crippen MR) is 275 cm³/mol. The van der Waals surface area contributed by atoms with Crippen LogP contribution in [-0.4, -0.2) is 37.2 Å². The average molecular weight is 906 g/mol. The molecule has 0 aromatic carbocycles. The molecule has 0 aliphatic rings. The molecular weight excluding hydrogens is 793 g/mol. The van der Waals surface area contributed by atoms with E-state index in [1.807, 2.05) is 0 Å². The fraction of sp³-hybridized carbons (Fsp3) is 0.948. The number of carbonyl (C=O) groups excluding carboxylic acids is 3. The summed E-state index contributed by atoms with van der Waals surface area (Å²) < 4.78 is 16.9. The molecule has 0 saturated carbocycles. The third-order valence-electron chi connectivity index (χ3n) is 13.6. The average Bonchev–Trinajstić information content (AvgIpc) is 3.28. The number of hydrogen-bond acceptors (Lipinski definition) is 6. The van der Waals surface area contributed by atoms with E-state index in [0.717, 1.165) is 69.6 Å². The van der Waals surface area contributed by atoms with Crippen LogP contribution in [0.2, 0.25) is 0 Å². The van der Waals surface area contributed by atoms with Gasteiger partial charge in [0.05, 0.1) is 0 Å². The molecule has 0 N–H and O–H groups in total. The lowest BCUT2D eigenvalue weighted by atomic mass is 10.00. The van der Waals surface area contributed by atoms with Crippen LogP contribution in [0.25, 0.3) is 0 Å². The van der Waals surface area contributed by atoms with Gasteiger partial charge in [0.15, 0.2) is 6.10 Å². The Labute approximate surface area is 399 Å². The quantitative estimate of drug-likeness (QED) is 0.0344. The smallest absolute Gasteiger partial charge is 0.306 e. The summed E-state index contributed by atoms with van der Waals surface area (Å²) in [4.78, 5) is 38.1. The van der Waals surface area contributed by atoms with E-state index in [0.29, 0.717) is 19.3 Å². The lowest BCUT2D eigenvalue weighted by Crippen LogP contribution is -2.30. The zero-order chi connectivity index (χ0) is 46.8. The van der Waals surface area contributed by atoms with Gasteiger partial charge < -0.3 is 14.2 Å². The molecule has 0 radical (unpaired) electrons. The van der Waals surface area contributed by atoms with Crippen molar-refractivity contribution in [1.29, 1.82) is 0 Å². The summed E-state index contributed by atoms with van der Waals surface area (Å²) in [5, 5.41) is 0. The highest BCUT2D eigenvalue weighted by Crippen LogP contribution is 2.18. The number of carbonyl (C=O) groups is 3. The van der Waals surface area contributed by atoms with Crippen molar-refractivity contribution in [2.75, 3.05) is 13.2 Å². The van der Waals surface area contributed by atoms with Gasteiger partial charge in [-0.3, -0.25) is 14.4 Å². The molecule has 0 amide bonds. The summed E-state index contributed by atoms with van der Waals surface area (Å²) in [7, 11) is 0. The van der Waals surface area contributed by atoms with Gasteiger partial charge in [-0.15, -0.1) is 0 Å². The van der Waals surface area contributed by atoms with Crippen LogP contribution >= 0.6 is 0 Å². The summed E-state index contributed by atoms with van der Waals surface area (Å²) in [6.45, 7) is 11.4. The minimum absolute atomic E-state index is 0.0639. The monoisotopic (exact) mass is 905 g/mol. The van der Waals surface area contributed by atoms with Crippen molar-refractivity contribution >= 4 is 17.9 Å². The van der Waals surface area contributed by atoms with E-state index in [4.69, 9.17) is 14.2 Å². The van der Waals surface area contributed by atoms with Crippen LogP contribution in [-0.2, 0) is 28.6 Å². The molecule has 6 nitrogen and oxygen atoms in total. The van der Waals surface area contributed by atoms with E-state index in [9.17, 15) is 14.4 Å². The van der Waals surface area contributed by atoms with E-state index >= 15 is 0 Å². The zero-order valence-corrected chi connectivity index (χ0v) is 43.9. The molecule has 0 fully saturated rings. The van der Waals surface area contributed by atoms with E-state index in [2.05, 4.69) is 34.6 Å². The number of unbranched alkanes of at least 4 members (excludes halogenated alkanes) is 36. The molecule has 0 bridgehead atoms. The highest BCUT2D eigenvalue weighted by molar-refractivity contribution is 5.71. The maximum atomic E-state index is 12.8. The first-order chi connectivity index (χ1) is 31.3. The Bertz CT molecular complexity index is 980. The van der Waals surface area contributed by atoms with E-state index < -0.39 is 6.10 Å². The Morgan fingerprint density at radius 1 is 0.328 bits per heavy atom.